The van der Waals surface area contributed by atoms with Crippen molar-refractivity contribution in [3.05, 3.63) is 132 Å². The number of aromatic nitrogens is 1. The molecular weight excluding hydrogens is 557 g/mol. The van der Waals surface area contributed by atoms with Crippen LogP contribution in [0.2, 0.25) is 0 Å². The summed E-state index contributed by atoms with van der Waals surface area (Å²) in [7, 11) is 0. The minimum absolute atomic E-state index is 0.0649. The van der Waals surface area contributed by atoms with Crippen molar-refractivity contribution in [3.63, 3.8) is 0 Å². The maximum absolute atomic E-state index is 6.60. The van der Waals surface area contributed by atoms with Crippen LogP contribution in [0.25, 0.3) is 64.6 Å². The van der Waals surface area contributed by atoms with E-state index in [9.17, 15) is 0 Å². The molecule has 0 spiro atoms. The Bertz CT molecular complexity index is 2380. The van der Waals surface area contributed by atoms with Crippen molar-refractivity contribution in [1.29, 1.82) is 0 Å². The quantitative estimate of drug-likeness (QED) is 0.192. The van der Waals surface area contributed by atoms with E-state index in [0.29, 0.717) is 5.89 Å². The minimum Gasteiger partial charge on any atom is -0.436 e. The van der Waals surface area contributed by atoms with Gasteiger partial charge >= 0.3 is 0 Å². The second kappa shape index (κ2) is 10.3. The molecule has 2 aromatic heterocycles. The first-order chi connectivity index (χ1) is 21.4. The van der Waals surface area contributed by atoms with Gasteiger partial charge in [0.1, 0.15) is 5.52 Å². The zero-order valence-electron chi connectivity index (χ0n) is 24.8. The Hall–Kier alpha value is -5.06. The number of hydrogen-bond donors (Lipinski definition) is 0. The van der Waals surface area contributed by atoms with E-state index in [4.69, 9.17) is 14.4 Å². The zero-order valence-corrected chi connectivity index (χ0v) is 25.7. The Morgan fingerprint density at radius 2 is 1.39 bits per heavy atom. The molecule has 0 atom stereocenters. The SMILES string of the molecule is CC(C)(C)c1cc(-c2cccc3c2sc2ccccc23)c2nc(-c3ccccc3N=Cc3cccc4ccccc34)oc2c1. The Labute approximate surface area is 260 Å². The van der Waals surface area contributed by atoms with Crippen LogP contribution in [-0.2, 0) is 5.41 Å². The third kappa shape index (κ3) is 4.50. The average Bonchev–Trinajstić information content (AvgIpc) is 3.65. The van der Waals surface area contributed by atoms with Gasteiger partial charge in [-0.1, -0.05) is 112 Å². The second-order valence-corrected chi connectivity index (χ2v) is 13.3. The molecule has 44 heavy (non-hydrogen) atoms. The van der Waals surface area contributed by atoms with Gasteiger partial charge < -0.3 is 4.42 Å². The number of hydrogen-bond acceptors (Lipinski definition) is 4. The molecule has 0 N–H and O–H groups in total. The van der Waals surface area contributed by atoms with Gasteiger partial charge in [-0.2, -0.15) is 0 Å². The summed E-state index contributed by atoms with van der Waals surface area (Å²) in [4.78, 5) is 10.1. The number of rotatable bonds is 4. The second-order valence-electron chi connectivity index (χ2n) is 12.3. The molecule has 0 unspecified atom stereocenters. The van der Waals surface area contributed by atoms with Crippen LogP contribution in [0.3, 0.4) is 0 Å². The Morgan fingerprint density at radius 3 is 2.27 bits per heavy atom. The molecule has 6 aromatic carbocycles. The molecule has 8 aromatic rings. The number of nitrogens with zero attached hydrogens (tertiary/aromatic N) is 2. The fourth-order valence-corrected chi connectivity index (χ4v) is 7.24. The van der Waals surface area contributed by atoms with E-state index < -0.39 is 0 Å². The maximum Gasteiger partial charge on any atom is 0.229 e. The van der Waals surface area contributed by atoms with Crippen LogP contribution < -0.4 is 0 Å². The van der Waals surface area contributed by atoms with E-state index in [1.807, 2.05) is 41.8 Å². The molecule has 3 nitrogen and oxygen atoms in total. The highest BCUT2D eigenvalue weighted by atomic mass is 32.1. The van der Waals surface area contributed by atoms with Crippen molar-refractivity contribution >= 4 is 65.3 Å². The van der Waals surface area contributed by atoms with Crippen LogP contribution in [0.15, 0.2) is 131 Å². The predicted octanol–water partition coefficient (Wildman–Crippen LogP) is 11.7. The van der Waals surface area contributed by atoms with Gasteiger partial charge in [0.15, 0.2) is 5.58 Å². The summed E-state index contributed by atoms with van der Waals surface area (Å²) in [6, 6.07) is 42.5. The van der Waals surface area contributed by atoms with Crippen molar-refractivity contribution in [1.82, 2.24) is 4.98 Å². The third-order valence-electron chi connectivity index (χ3n) is 8.36. The van der Waals surface area contributed by atoms with Gasteiger partial charge in [-0.3, -0.25) is 4.99 Å². The highest BCUT2D eigenvalue weighted by Gasteiger charge is 2.23. The fraction of sp³-hybridized carbons (Fsp3) is 0.100. The van der Waals surface area contributed by atoms with Crippen molar-refractivity contribution in [3.8, 4) is 22.6 Å². The number of fused-ring (bicyclic) bond motifs is 5. The summed E-state index contributed by atoms with van der Waals surface area (Å²) in [6.07, 6.45) is 1.94. The van der Waals surface area contributed by atoms with Crippen LogP contribution in [0.5, 0.6) is 0 Å². The molecule has 0 saturated carbocycles. The fourth-order valence-electron chi connectivity index (χ4n) is 6.01. The van der Waals surface area contributed by atoms with Gasteiger partial charge in [-0.25, -0.2) is 4.98 Å². The lowest BCUT2D eigenvalue weighted by atomic mass is 9.85. The molecule has 0 bridgehead atoms. The van der Waals surface area contributed by atoms with Gasteiger partial charge in [0.25, 0.3) is 0 Å². The zero-order chi connectivity index (χ0) is 29.8. The third-order valence-corrected chi connectivity index (χ3v) is 9.58. The summed E-state index contributed by atoms with van der Waals surface area (Å²) >= 11 is 1.84. The van der Waals surface area contributed by atoms with Crippen LogP contribution in [0.4, 0.5) is 5.69 Å². The van der Waals surface area contributed by atoms with Gasteiger partial charge in [0.05, 0.1) is 11.3 Å². The molecular formula is C40H30N2OS. The first-order valence-corrected chi connectivity index (χ1v) is 15.7. The van der Waals surface area contributed by atoms with Crippen LogP contribution in [0.1, 0.15) is 31.9 Å². The van der Waals surface area contributed by atoms with Gasteiger partial charge in [0.2, 0.25) is 5.89 Å². The first-order valence-electron chi connectivity index (χ1n) is 14.9. The van der Waals surface area contributed by atoms with Crippen molar-refractivity contribution in [2.24, 2.45) is 4.99 Å². The lowest BCUT2D eigenvalue weighted by Crippen LogP contribution is -2.11. The molecule has 2 heterocycles. The Kier molecular flexibility index (Phi) is 6.21. The van der Waals surface area contributed by atoms with Gasteiger partial charge in [0, 0.05) is 43.1 Å². The number of oxazole rings is 1. The summed E-state index contributed by atoms with van der Waals surface area (Å²) < 4.78 is 9.16. The van der Waals surface area contributed by atoms with Crippen molar-refractivity contribution < 1.29 is 4.42 Å². The number of aliphatic imine (C=N–C) groups is 1. The largest absolute Gasteiger partial charge is 0.436 e. The summed E-state index contributed by atoms with van der Waals surface area (Å²) in [5.41, 5.74) is 7.83. The monoisotopic (exact) mass is 586 g/mol. The van der Waals surface area contributed by atoms with E-state index in [2.05, 4.69) is 118 Å². The van der Waals surface area contributed by atoms with Gasteiger partial charge in [-0.15, -0.1) is 11.3 Å². The van der Waals surface area contributed by atoms with Crippen LogP contribution in [0, 0.1) is 0 Å². The average molecular weight is 587 g/mol. The Balaban J connectivity index is 1.31. The standard InChI is InChI=1S/C40H30N2OS/c1-40(2,3)27-22-33(31-19-11-18-30-29-16-7-9-21-36(29)44-38(30)31)37-35(23-27)43-39(42-37)32-17-6-8-20-34(32)41-24-26-14-10-13-25-12-4-5-15-28(25)26/h4-24H,1-3H3. The normalized spacial score (nSPS) is 12.3. The predicted molar refractivity (Wildman–Crippen MR) is 188 cm³/mol. The molecule has 0 fully saturated rings. The molecule has 0 amide bonds. The number of benzene rings is 6. The summed E-state index contributed by atoms with van der Waals surface area (Å²) in [5, 5.41) is 4.93. The smallest absolute Gasteiger partial charge is 0.229 e. The highest BCUT2D eigenvalue weighted by molar-refractivity contribution is 7.26. The van der Waals surface area contributed by atoms with Crippen LogP contribution >= 0.6 is 11.3 Å². The van der Waals surface area contributed by atoms with Crippen LogP contribution in [-0.4, -0.2) is 11.2 Å². The van der Waals surface area contributed by atoms with E-state index in [1.165, 1.54) is 42.1 Å². The van der Waals surface area contributed by atoms with Gasteiger partial charge in [-0.05, 0) is 52.1 Å². The minimum atomic E-state index is -0.0649. The molecule has 4 heteroatoms. The highest BCUT2D eigenvalue weighted by Crippen LogP contribution is 2.44. The molecule has 0 saturated heterocycles. The molecule has 212 valence electrons. The van der Waals surface area contributed by atoms with Crippen molar-refractivity contribution in [2.75, 3.05) is 0 Å². The van der Waals surface area contributed by atoms with E-state index >= 15 is 0 Å². The Morgan fingerprint density at radius 1 is 0.682 bits per heavy atom. The summed E-state index contributed by atoms with van der Waals surface area (Å²) in [6.45, 7) is 6.73. The molecule has 0 aliphatic rings. The number of para-hydroxylation sites is 1. The maximum atomic E-state index is 6.60. The molecule has 0 radical (unpaired) electrons. The van der Waals surface area contributed by atoms with E-state index in [1.54, 1.807) is 0 Å². The van der Waals surface area contributed by atoms with E-state index in [0.717, 1.165) is 33.5 Å². The number of thiophene rings is 1. The van der Waals surface area contributed by atoms with Crippen molar-refractivity contribution in [2.45, 2.75) is 26.2 Å². The lowest BCUT2D eigenvalue weighted by Gasteiger charge is -2.20. The first kappa shape index (κ1) is 26.6. The lowest BCUT2D eigenvalue weighted by molar-refractivity contribution is 0.584. The molecule has 0 aliphatic heterocycles. The molecule has 0 aliphatic carbocycles. The van der Waals surface area contributed by atoms with E-state index in [-0.39, 0.29) is 5.41 Å². The summed E-state index contributed by atoms with van der Waals surface area (Å²) in [5.74, 6) is 0.571. The molecule has 8 rings (SSSR count). The topological polar surface area (TPSA) is 38.4 Å².